The van der Waals surface area contributed by atoms with Crippen LogP contribution in [-0.2, 0) is 0 Å². The van der Waals surface area contributed by atoms with Crippen molar-refractivity contribution in [2.75, 3.05) is 5.32 Å². The van der Waals surface area contributed by atoms with E-state index in [9.17, 15) is 9.59 Å². The zero-order valence-corrected chi connectivity index (χ0v) is 16.6. The Morgan fingerprint density at radius 2 is 1.79 bits per heavy atom. The van der Waals surface area contributed by atoms with Crippen molar-refractivity contribution in [1.29, 1.82) is 0 Å². The number of nitrogens with one attached hydrogen (secondary N) is 1. The number of pyridine rings is 1. The number of benzene rings is 2. The number of carbonyl (C=O) groups is 2. The smallest absolute Gasteiger partial charge is 0.255 e. The molecule has 1 amide bonds. The molecule has 0 aliphatic carbocycles. The average Bonchev–Trinajstić information content (AvgIpc) is 2.65. The highest BCUT2D eigenvalue weighted by molar-refractivity contribution is 6.42. The number of hydrogen-bond acceptors (Lipinski definition) is 4. The van der Waals surface area contributed by atoms with Crippen molar-refractivity contribution < 1.29 is 14.3 Å². The summed E-state index contributed by atoms with van der Waals surface area (Å²) in [5.74, 6) is 0.610. The van der Waals surface area contributed by atoms with Crippen LogP contribution in [0.5, 0.6) is 11.6 Å². The maximum absolute atomic E-state index is 12.3. The molecule has 5 nitrogen and oxygen atoms in total. The van der Waals surface area contributed by atoms with Gasteiger partial charge >= 0.3 is 0 Å². The molecule has 0 unspecified atom stereocenters. The average molecular weight is 415 g/mol. The van der Waals surface area contributed by atoms with E-state index in [-0.39, 0.29) is 11.7 Å². The molecular weight excluding hydrogens is 399 g/mol. The van der Waals surface area contributed by atoms with Crippen molar-refractivity contribution in [1.82, 2.24) is 4.98 Å². The first kappa shape index (κ1) is 19.9. The Morgan fingerprint density at radius 3 is 2.39 bits per heavy atom. The number of carbonyl (C=O) groups excluding carboxylic acids is 2. The van der Waals surface area contributed by atoms with E-state index in [0.29, 0.717) is 38.5 Å². The standard InChI is InChI=1S/C21H16Cl2N2O3/c1-12-9-16(5-6-17(12)13(2)26)28-20-8-4-15(11-24-20)25-21(27)14-3-7-18(22)19(23)10-14/h3-11H,1-2H3,(H,25,27). The number of ether oxygens (including phenoxy) is 1. The Hall–Kier alpha value is -2.89. The first-order chi connectivity index (χ1) is 13.3. The molecule has 0 fully saturated rings. The number of halogens is 2. The van der Waals surface area contributed by atoms with Crippen LogP contribution in [0, 0.1) is 6.92 Å². The summed E-state index contributed by atoms with van der Waals surface area (Å²) >= 11 is 11.8. The fraction of sp³-hybridized carbons (Fsp3) is 0.0952. The SMILES string of the molecule is CC(=O)c1ccc(Oc2ccc(NC(=O)c3ccc(Cl)c(Cl)c3)cn2)cc1C. The third kappa shape index (κ3) is 4.68. The van der Waals surface area contributed by atoms with E-state index in [1.165, 1.54) is 19.2 Å². The van der Waals surface area contributed by atoms with Crippen molar-refractivity contribution in [2.45, 2.75) is 13.8 Å². The quantitative estimate of drug-likeness (QED) is 0.524. The van der Waals surface area contributed by atoms with Crippen LogP contribution >= 0.6 is 23.2 Å². The van der Waals surface area contributed by atoms with E-state index in [1.807, 2.05) is 6.92 Å². The molecule has 1 N–H and O–H groups in total. The summed E-state index contributed by atoms with van der Waals surface area (Å²) in [6, 6.07) is 13.2. The summed E-state index contributed by atoms with van der Waals surface area (Å²) in [5.41, 5.74) is 2.37. The number of amides is 1. The molecule has 0 aliphatic rings. The van der Waals surface area contributed by atoms with E-state index in [4.69, 9.17) is 27.9 Å². The molecule has 0 atom stereocenters. The van der Waals surface area contributed by atoms with E-state index >= 15 is 0 Å². The molecule has 0 saturated heterocycles. The highest BCUT2D eigenvalue weighted by atomic mass is 35.5. The first-order valence-electron chi connectivity index (χ1n) is 8.35. The van der Waals surface area contributed by atoms with E-state index in [0.717, 1.165) is 5.56 Å². The van der Waals surface area contributed by atoms with Gasteiger partial charge in [-0.15, -0.1) is 0 Å². The van der Waals surface area contributed by atoms with Crippen molar-refractivity contribution in [3.63, 3.8) is 0 Å². The van der Waals surface area contributed by atoms with Gasteiger partial charge in [0.1, 0.15) is 5.75 Å². The number of rotatable bonds is 5. The van der Waals surface area contributed by atoms with Crippen LogP contribution in [0.25, 0.3) is 0 Å². The summed E-state index contributed by atoms with van der Waals surface area (Å²) in [4.78, 5) is 28.0. The van der Waals surface area contributed by atoms with Gasteiger partial charge in [0.15, 0.2) is 5.78 Å². The van der Waals surface area contributed by atoms with Gasteiger partial charge in [-0.3, -0.25) is 9.59 Å². The number of aromatic nitrogens is 1. The molecule has 2 aromatic carbocycles. The molecule has 1 aromatic heterocycles. The van der Waals surface area contributed by atoms with Crippen molar-refractivity contribution >= 4 is 40.6 Å². The molecule has 0 saturated carbocycles. The van der Waals surface area contributed by atoms with Gasteiger partial charge < -0.3 is 10.1 Å². The molecular formula is C21H16Cl2N2O3. The zero-order valence-electron chi connectivity index (χ0n) is 15.1. The van der Waals surface area contributed by atoms with Gasteiger partial charge in [-0.25, -0.2) is 4.98 Å². The fourth-order valence-corrected chi connectivity index (χ4v) is 2.87. The number of anilines is 1. The van der Waals surface area contributed by atoms with Crippen LogP contribution in [0.3, 0.4) is 0 Å². The van der Waals surface area contributed by atoms with Gasteiger partial charge in [0, 0.05) is 17.2 Å². The Morgan fingerprint density at radius 1 is 1.00 bits per heavy atom. The highest BCUT2D eigenvalue weighted by Gasteiger charge is 2.10. The molecule has 7 heteroatoms. The second-order valence-electron chi connectivity index (χ2n) is 6.10. The van der Waals surface area contributed by atoms with Crippen LogP contribution in [-0.4, -0.2) is 16.7 Å². The molecule has 0 bridgehead atoms. The second kappa shape index (κ2) is 8.42. The number of ketones is 1. The van der Waals surface area contributed by atoms with Gasteiger partial charge in [-0.1, -0.05) is 23.2 Å². The molecule has 28 heavy (non-hydrogen) atoms. The Kier molecular flexibility index (Phi) is 5.97. The highest BCUT2D eigenvalue weighted by Crippen LogP contribution is 2.25. The second-order valence-corrected chi connectivity index (χ2v) is 6.92. The summed E-state index contributed by atoms with van der Waals surface area (Å²) in [6.07, 6.45) is 1.49. The van der Waals surface area contributed by atoms with E-state index < -0.39 is 0 Å². The summed E-state index contributed by atoms with van der Waals surface area (Å²) in [6.45, 7) is 3.37. The summed E-state index contributed by atoms with van der Waals surface area (Å²) in [5, 5.41) is 3.42. The molecule has 0 aliphatic heterocycles. The van der Waals surface area contributed by atoms with Crippen LogP contribution in [0.4, 0.5) is 5.69 Å². The third-order valence-corrected chi connectivity index (χ3v) is 4.71. The molecule has 142 valence electrons. The van der Waals surface area contributed by atoms with E-state index in [1.54, 1.807) is 42.5 Å². The summed E-state index contributed by atoms with van der Waals surface area (Å²) < 4.78 is 5.70. The lowest BCUT2D eigenvalue weighted by molar-refractivity contribution is 0.101. The minimum Gasteiger partial charge on any atom is -0.439 e. The van der Waals surface area contributed by atoms with Gasteiger partial charge in [-0.05, 0) is 61.9 Å². The van der Waals surface area contributed by atoms with Crippen LogP contribution in [0.15, 0.2) is 54.7 Å². The third-order valence-electron chi connectivity index (χ3n) is 3.98. The maximum atomic E-state index is 12.3. The molecule has 0 radical (unpaired) electrons. The van der Waals surface area contributed by atoms with Crippen LogP contribution in [0.1, 0.15) is 33.2 Å². The summed E-state index contributed by atoms with van der Waals surface area (Å²) in [7, 11) is 0. The number of Topliss-reactive ketones (excluding diaryl/α,β-unsaturated/α-hetero) is 1. The largest absolute Gasteiger partial charge is 0.439 e. The Labute approximate surface area is 172 Å². The molecule has 3 aromatic rings. The Balaban J connectivity index is 1.68. The number of hydrogen-bond donors (Lipinski definition) is 1. The van der Waals surface area contributed by atoms with Crippen LogP contribution in [0.2, 0.25) is 10.0 Å². The fourth-order valence-electron chi connectivity index (χ4n) is 2.57. The van der Waals surface area contributed by atoms with Gasteiger partial charge in [0.25, 0.3) is 5.91 Å². The monoisotopic (exact) mass is 414 g/mol. The first-order valence-corrected chi connectivity index (χ1v) is 9.11. The van der Waals surface area contributed by atoms with Gasteiger partial charge in [0.05, 0.1) is 21.9 Å². The lowest BCUT2D eigenvalue weighted by Gasteiger charge is -2.09. The lowest BCUT2D eigenvalue weighted by Crippen LogP contribution is -2.12. The van der Waals surface area contributed by atoms with Gasteiger partial charge in [-0.2, -0.15) is 0 Å². The normalized spacial score (nSPS) is 10.4. The molecule has 0 spiro atoms. The van der Waals surface area contributed by atoms with Crippen LogP contribution < -0.4 is 10.1 Å². The topological polar surface area (TPSA) is 68.3 Å². The minimum absolute atomic E-state index is 0.00393. The molecule has 1 heterocycles. The number of nitrogens with zero attached hydrogens (tertiary/aromatic N) is 1. The van der Waals surface area contributed by atoms with Crippen molar-refractivity contribution in [3.8, 4) is 11.6 Å². The predicted octanol–water partition coefficient (Wildman–Crippen LogP) is 5.94. The predicted molar refractivity (Wildman–Crippen MR) is 110 cm³/mol. The minimum atomic E-state index is -0.329. The maximum Gasteiger partial charge on any atom is 0.255 e. The van der Waals surface area contributed by atoms with Crippen molar-refractivity contribution in [2.24, 2.45) is 0 Å². The van der Waals surface area contributed by atoms with Gasteiger partial charge in [0.2, 0.25) is 5.88 Å². The van der Waals surface area contributed by atoms with Crippen molar-refractivity contribution in [3.05, 3.63) is 81.5 Å². The van der Waals surface area contributed by atoms with E-state index in [2.05, 4.69) is 10.3 Å². The lowest BCUT2D eigenvalue weighted by atomic mass is 10.1. The molecule has 3 rings (SSSR count). The Bertz CT molecular complexity index is 1050. The zero-order chi connectivity index (χ0) is 20.3. The number of aryl methyl sites for hydroxylation is 1.